The second kappa shape index (κ2) is 4.70. The highest BCUT2D eigenvalue weighted by molar-refractivity contribution is 5.83. The molecule has 7 nitrogen and oxygen atoms in total. The molecule has 0 saturated carbocycles. The molecular formula is C16H14N6O. The van der Waals surface area contributed by atoms with Crippen LogP contribution in [0.4, 0.5) is 0 Å². The van der Waals surface area contributed by atoms with Gasteiger partial charge in [-0.05, 0) is 44.0 Å². The van der Waals surface area contributed by atoms with Gasteiger partial charge in [-0.1, -0.05) is 0 Å². The molecule has 0 atom stereocenters. The van der Waals surface area contributed by atoms with Gasteiger partial charge in [0.15, 0.2) is 5.65 Å². The molecule has 114 valence electrons. The Labute approximate surface area is 131 Å². The van der Waals surface area contributed by atoms with Crippen LogP contribution >= 0.6 is 0 Å². The van der Waals surface area contributed by atoms with E-state index in [1.807, 2.05) is 39.1 Å². The summed E-state index contributed by atoms with van der Waals surface area (Å²) in [6, 6.07) is 3.82. The lowest BCUT2D eigenvalue weighted by Gasteiger charge is -2.07. The Hall–Kier alpha value is -3.09. The Balaban J connectivity index is 2.00. The molecule has 0 bridgehead atoms. The molecule has 0 fully saturated rings. The summed E-state index contributed by atoms with van der Waals surface area (Å²) in [6.45, 7) is 5.81. The molecule has 0 aliphatic rings. The Morgan fingerprint density at radius 2 is 1.83 bits per heavy atom. The van der Waals surface area contributed by atoms with E-state index < -0.39 is 0 Å². The van der Waals surface area contributed by atoms with Gasteiger partial charge in [0.05, 0.1) is 34.7 Å². The lowest BCUT2D eigenvalue weighted by molar-refractivity contribution is 0.928. The second-order valence-electron chi connectivity index (χ2n) is 5.65. The van der Waals surface area contributed by atoms with E-state index in [2.05, 4.69) is 25.3 Å². The number of hydrogen-bond acceptors (Lipinski definition) is 5. The van der Waals surface area contributed by atoms with Crippen LogP contribution in [0.15, 0.2) is 29.3 Å². The van der Waals surface area contributed by atoms with Gasteiger partial charge >= 0.3 is 0 Å². The van der Waals surface area contributed by atoms with Gasteiger partial charge in [-0.3, -0.25) is 4.79 Å². The molecule has 0 aromatic carbocycles. The van der Waals surface area contributed by atoms with Crippen molar-refractivity contribution >= 4 is 16.6 Å². The van der Waals surface area contributed by atoms with Gasteiger partial charge in [0.1, 0.15) is 5.69 Å². The van der Waals surface area contributed by atoms with Crippen molar-refractivity contribution in [2.45, 2.75) is 20.8 Å². The van der Waals surface area contributed by atoms with Gasteiger partial charge in [-0.15, -0.1) is 0 Å². The third-order valence-corrected chi connectivity index (χ3v) is 3.82. The molecule has 4 aromatic heterocycles. The first kappa shape index (κ1) is 13.6. The van der Waals surface area contributed by atoms with Crippen LogP contribution in [0.5, 0.6) is 0 Å². The fraction of sp³-hybridized carbons (Fsp3) is 0.188. The van der Waals surface area contributed by atoms with Crippen LogP contribution in [-0.2, 0) is 0 Å². The van der Waals surface area contributed by atoms with Crippen LogP contribution in [0.1, 0.15) is 16.8 Å². The maximum absolute atomic E-state index is 11.9. The summed E-state index contributed by atoms with van der Waals surface area (Å²) >= 11 is 0. The van der Waals surface area contributed by atoms with Gasteiger partial charge in [0.2, 0.25) is 0 Å². The zero-order valence-corrected chi connectivity index (χ0v) is 13.0. The minimum atomic E-state index is -0.233. The summed E-state index contributed by atoms with van der Waals surface area (Å²) in [5, 5.41) is 11.4. The summed E-state index contributed by atoms with van der Waals surface area (Å²) in [7, 11) is 0. The number of rotatable bonds is 1. The van der Waals surface area contributed by atoms with Crippen molar-refractivity contribution < 1.29 is 0 Å². The molecular weight excluding hydrogens is 292 g/mol. The highest BCUT2D eigenvalue weighted by Gasteiger charge is 2.12. The second-order valence-corrected chi connectivity index (χ2v) is 5.65. The summed E-state index contributed by atoms with van der Waals surface area (Å²) in [6.07, 6.45) is 3.44. The normalized spacial score (nSPS) is 11.4. The van der Waals surface area contributed by atoms with Gasteiger partial charge in [0.25, 0.3) is 5.56 Å². The summed E-state index contributed by atoms with van der Waals surface area (Å²) < 4.78 is 1.76. The topological polar surface area (TPSA) is 88.8 Å². The largest absolute Gasteiger partial charge is 0.273 e. The number of hydrogen-bond donors (Lipinski definition) is 1. The predicted octanol–water partition coefficient (Wildman–Crippen LogP) is 1.95. The molecule has 7 heteroatoms. The molecule has 0 saturated heterocycles. The average Bonchev–Trinajstić information content (AvgIpc) is 2.88. The number of fused-ring (bicyclic) bond motifs is 2. The van der Waals surface area contributed by atoms with E-state index in [0.717, 1.165) is 28.2 Å². The maximum Gasteiger partial charge on any atom is 0.273 e. The van der Waals surface area contributed by atoms with Crippen LogP contribution in [0.2, 0.25) is 0 Å². The highest BCUT2D eigenvalue weighted by atomic mass is 16.1. The van der Waals surface area contributed by atoms with Crippen LogP contribution in [0, 0.1) is 20.8 Å². The lowest BCUT2D eigenvalue weighted by Crippen LogP contribution is -2.10. The average molecular weight is 306 g/mol. The molecule has 23 heavy (non-hydrogen) atoms. The van der Waals surface area contributed by atoms with Crippen molar-refractivity contribution in [2.24, 2.45) is 0 Å². The first-order valence-electron chi connectivity index (χ1n) is 7.22. The zero-order valence-electron chi connectivity index (χ0n) is 13.0. The molecule has 1 N–H and O–H groups in total. The van der Waals surface area contributed by atoms with Crippen molar-refractivity contribution in [2.75, 3.05) is 0 Å². The van der Waals surface area contributed by atoms with Crippen molar-refractivity contribution in [3.8, 4) is 11.4 Å². The molecule has 0 aliphatic heterocycles. The van der Waals surface area contributed by atoms with Gasteiger partial charge < -0.3 is 0 Å². The summed E-state index contributed by atoms with van der Waals surface area (Å²) in [5.74, 6) is 0. The summed E-state index contributed by atoms with van der Waals surface area (Å²) in [5.41, 5.74) is 5.38. The van der Waals surface area contributed by atoms with E-state index in [4.69, 9.17) is 0 Å². The molecule has 4 heterocycles. The zero-order chi connectivity index (χ0) is 16.1. The quantitative estimate of drug-likeness (QED) is 0.580. The molecule has 0 spiro atoms. The van der Waals surface area contributed by atoms with Gasteiger partial charge in [-0.2, -0.15) is 10.2 Å². The monoisotopic (exact) mass is 306 g/mol. The van der Waals surface area contributed by atoms with Crippen molar-refractivity contribution in [1.82, 2.24) is 29.8 Å². The van der Waals surface area contributed by atoms with Crippen LogP contribution in [0.3, 0.4) is 0 Å². The molecule has 0 aliphatic carbocycles. The van der Waals surface area contributed by atoms with E-state index in [1.54, 1.807) is 10.7 Å². The maximum atomic E-state index is 11.9. The number of aryl methyl sites for hydroxylation is 3. The molecule has 0 radical (unpaired) electrons. The number of aromatic amines is 1. The highest BCUT2D eigenvalue weighted by Crippen LogP contribution is 2.22. The van der Waals surface area contributed by atoms with Crippen molar-refractivity contribution in [3.05, 3.63) is 51.7 Å². The fourth-order valence-electron chi connectivity index (χ4n) is 2.80. The lowest BCUT2D eigenvalue weighted by atomic mass is 10.1. The van der Waals surface area contributed by atoms with E-state index in [-0.39, 0.29) is 5.56 Å². The standard InChI is InChI=1S/C16H14N6O/c1-8-4-11(19-13-6-17-20-16(23)14(8)13)12-5-9(2)15-18-10(3)7-22(15)21-12/h4-7H,1-3H3,(H,20,23). The van der Waals surface area contributed by atoms with E-state index >= 15 is 0 Å². The summed E-state index contributed by atoms with van der Waals surface area (Å²) in [4.78, 5) is 20.9. The minimum absolute atomic E-state index is 0.233. The number of nitrogens with zero attached hydrogens (tertiary/aromatic N) is 5. The van der Waals surface area contributed by atoms with Crippen LogP contribution in [0.25, 0.3) is 27.9 Å². The number of aromatic nitrogens is 6. The third kappa shape index (κ3) is 2.09. The van der Waals surface area contributed by atoms with E-state index in [0.29, 0.717) is 16.6 Å². The van der Waals surface area contributed by atoms with Crippen LogP contribution in [-0.4, -0.2) is 29.8 Å². The number of nitrogens with one attached hydrogen (secondary N) is 1. The fourth-order valence-corrected chi connectivity index (χ4v) is 2.80. The van der Waals surface area contributed by atoms with E-state index in [9.17, 15) is 4.79 Å². The third-order valence-electron chi connectivity index (χ3n) is 3.82. The van der Waals surface area contributed by atoms with Gasteiger partial charge in [-0.25, -0.2) is 19.6 Å². The molecule has 0 unspecified atom stereocenters. The van der Waals surface area contributed by atoms with Crippen LogP contribution < -0.4 is 5.56 Å². The van der Waals surface area contributed by atoms with Crippen molar-refractivity contribution in [1.29, 1.82) is 0 Å². The van der Waals surface area contributed by atoms with Crippen molar-refractivity contribution in [3.63, 3.8) is 0 Å². The Kier molecular flexibility index (Phi) is 2.77. The molecule has 4 rings (SSSR count). The number of pyridine rings is 1. The Bertz CT molecular complexity index is 1120. The Morgan fingerprint density at radius 1 is 1.04 bits per heavy atom. The first-order valence-corrected chi connectivity index (χ1v) is 7.22. The molecule has 4 aromatic rings. The number of H-pyrrole nitrogens is 1. The van der Waals surface area contributed by atoms with E-state index in [1.165, 1.54) is 0 Å². The smallest absolute Gasteiger partial charge is 0.267 e. The predicted molar refractivity (Wildman–Crippen MR) is 86.4 cm³/mol. The Morgan fingerprint density at radius 3 is 2.65 bits per heavy atom. The SMILES string of the molecule is Cc1cn2nc(-c3cc(C)c4c(=O)[nH]ncc4n3)cc(C)c2n1. The number of imidazole rings is 1. The first-order chi connectivity index (χ1) is 11.0. The molecule has 0 amide bonds. The minimum Gasteiger partial charge on any atom is -0.267 e. The van der Waals surface area contributed by atoms with Gasteiger partial charge in [0, 0.05) is 0 Å².